The van der Waals surface area contributed by atoms with Gasteiger partial charge in [0.15, 0.2) is 5.76 Å². The molecular formula is C13H23N3O. The van der Waals surface area contributed by atoms with Gasteiger partial charge >= 0.3 is 0 Å². The van der Waals surface area contributed by atoms with Gasteiger partial charge in [-0.2, -0.15) is 0 Å². The molecule has 0 spiro atoms. The Bertz CT molecular complexity index is 337. The minimum Gasteiger partial charge on any atom is -0.360 e. The highest BCUT2D eigenvalue weighted by molar-refractivity contribution is 5.05. The lowest BCUT2D eigenvalue weighted by molar-refractivity contribution is 0.182. The van der Waals surface area contributed by atoms with E-state index in [0.29, 0.717) is 6.04 Å². The van der Waals surface area contributed by atoms with Crippen molar-refractivity contribution in [3.63, 3.8) is 0 Å². The summed E-state index contributed by atoms with van der Waals surface area (Å²) in [5, 5.41) is 7.14. The highest BCUT2D eigenvalue weighted by atomic mass is 16.5. The van der Waals surface area contributed by atoms with Crippen molar-refractivity contribution in [1.29, 1.82) is 0 Å². The Morgan fingerprint density at radius 3 is 3.18 bits per heavy atom. The Morgan fingerprint density at radius 2 is 2.35 bits per heavy atom. The van der Waals surface area contributed by atoms with E-state index in [4.69, 9.17) is 4.52 Å². The van der Waals surface area contributed by atoms with Crippen molar-refractivity contribution >= 4 is 0 Å². The first-order chi connectivity index (χ1) is 8.29. The van der Waals surface area contributed by atoms with Gasteiger partial charge in [0.05, 0.1) is 12.2 Å². The smallest absolute Gasteiger partial charge is 0.151 e. The lowest BCUT2D eigenvalue weighted by Gasteiger charge is -2.25. The highest BCUT2D eigenvalue weighted by Crippen LogP contribution is 2.19. The van der Waals surface area contributed by atoms with Crippen LogP contribution in [0, 0.1) is 0 Å². The SMILES string of the molecule is CNCc1cc(CN2CCCCCC2C)on1. The molecule has 1 N–H and O–H groups in total. The quantitative estimate of drug-likeness (QED) is 0.871. The largest absolute Gasteiger partial charge is 0.360 e. The molecular weight excluding hydrogens is 214 g/mol. The first-order valence-electron chi connectivity index (χ1n) is 6.62. The minimum atomic E-state index is 0.662. The van der Waals surface area contributed by atoms with Crippen LogP contribution in [0.4, 0.5) is 0 Å². The highest BCUT2D eigenvalue weighted by Gasteiger charge is 2.18. The molecule has 1 saturated heterocycles. The second-order valence-corrected chi connectivity index (χ2v) is 4.98. The summed E-state index contributed by atoms with van der Waals surface area (Å²) in [6.07, 6.45) is 5.33. The van der Waals surface area contributed by atoms with E-state index in [9.17, 15) is 0 Å². The third kappa shape index (κ3) is 3.54. The van der Waals surface area contributed by atoms with Crippen LogP contribution in [0.25, 0.3) is 0 Å². The van der Waals surface area contributed by atoms with Crippen LogP contribution in [0.1, 0.15) is 44.1 Å². The third-order valence-electron chi connectivity index (χ3n) is 3.52. The third-order valence-corrected chi connectivity index (χ3v) is 3.52. The summed E-state index contributed by atoms with van der Waals surface area (Å²) in [6, 6.07) is 2.73. The van der Waals surface area contributed by atoms with Gasteiger partial charge in [0.25, 0.3) is 0 Å². The lowest BCUT2D eigenvalue weighted by atomic mass is 10.1. The van der Waals surface area contributed by atoms with Crippen LogP contribution in [0.15, 0.2) is 10.6 Å². The van der Waals surface area contributed by atoms with Crippen molar-refractivity contribution in [2.24, 2.45) is 0 Å². The number of hydrogen-bond donors (Lipinski definition) is 1. The van der Waals surface area contributed by atoms with Crippen molar-refractivity contribution in [2.75, 3.05) is 13.6 Å². The molecule has 0 bridgehead atoms. The Labute approximate surface area is 103 Å². The number of hydrogen-bond acceptors (Lipinski definition) is 4. The fourth-order valence-electron chi connectivity index (χ4n) is 2.46. The average Bonchev–Trinajstić information content (AvgIpc) is 2.65. The zero-order valence-electron chi connectivity index (χ0n) is 10.9. The maximum atomic E-state index is 5.38. The monoisotopic (exact) mass is 237 g/mol. The predicted molar refractivity (Wildman–Crippen MR) is 67.6 cm³/mol. The summed E-state index contributed by atoms with van der Waals surface area (Å²) in [5.41, 5.74) is 0.991. The fourth-order valence-corrected chi connectivity index (χ4v) is 2.46. The average molecular weight is 237 g/mol. The van der Waals surface area contributed by atoms with Gasteiger partial charge in [-0.15, -0.1) is 0 Å². The molecule has 4 heteroatoms. The molecule has 0 aromatic carbocycles. The molecule has 1 aliphatic rings. The second-order valence-electron chi connectivity index (χ2n) is 4.98. The topological polar surface area (TPSA) is 41.3 Å². The molecule has 2 rings (SSSR count). The Morgan fingerprint density at radius 1 is 1.47 bits per heavy atom. The predicted octanol–water partition coefficient (Wildman–Crippen LogP) is 2.16. The summed E-state index contributed by atoms with van der Waals surface area (Å²) in [5.74, 6) is 0.990. The zero-order valence-corrected chi connectivity index (χ0v) is 10.9. The van der Waals surface area contributed by atoms with Crippen molar-refractivity contribution in [2.45, 2.75) is 51.7 Å². The number of aromatic nitrogens is 1. The van der Waals surface area contributed by atoms with E-state index in [1.807, 2.05) is 7.05 Å². The van der Waals surface area contributed by atoms with Crippen LogP contribution >= 0.6 is 0 Å². The van der Waals surface area contributed by atoms with Gasteiger partial charge in [0, 0.05) is 18.7 Å². The van der Waals surface area contributed by atoms with E-state index in [1.54, 1.807) is 0 Å². The molecule has 1 fully saturated rings. The number of rotatable bonds is 4. The van der Waals surface area contributed by atoms with E-state index in [0.717, 1.165) is 24.5 Å². The molecule has 2 heterocycles. The Balaban J connectivity index is 1.93. The zero-order chi connectivity index (χ0) is 12.1. The van der Waals surface area contributed by atoms with Crippen molar-refractivity contribution < 1.29 is 4.52 Å². The molecule has 0 amide bonds. The second kappa shape index (κ2) is 6.17. The maximum absolute atomic E-state index is 5.38. The summed E-state index contributed by atoms with van der Waals surface area (Å²) in [4.78, 5) is 2.51. The van der Waals surface area contributed by atoms with Gasteiger partial charge in [0.1, 0.15) is 0 Å². The van der Waals surface area contributed by atoms with Crippen LogP contribution in [0.2, 0.25) is 0 Å². The summed E-state index contributed by atoms with van der Waals surface area (Å²) < 4.78 is 5.38. The molecule has 1 aromatic heterocycles. The molecule has 0 aliphatic carbocycles. The van der Waals surface area contributed by atoms with Gasteiger partial charge in [-0.1, -0.05) is 18.0 Å². The lowest BCUT2D eigenvalue weighted by Crippen LogP contribution is -2.31. The van der Waals surface area contributed by atoms with Crippen LogP contribution in [-0.4, -0.2) is 29.7 Å². The van der Waals surface area contributed by atoms with E-state index < -0.39 is 0 Å². The van der Waals surface area contributed by atoms with Gasteiger partial charge in [0.2, 0.25) is 0 Å². The van der Waals surface area contributed by atoms with Gasteiger partial charge in [-0.25, -0.2) is 0 Å². The first-order valence-corrected chi connectivity index (χ1v) is 6.62. The van der Waals surface area contributed by atoms with Crippen LogP contribution in [0.3, 0.4) is 0 Å². The van der Waals surface area contributed by atoms with E-state index in [1.165, 1.54) is 32.2 Å². The number of nitrogens with one attached hydrogen (secondary N) is 1. The van der Waals surface area contributed by atoms with Crippen molar-refractivity contribution in [3.8, 4) is 0 Å². The van der Waals surface area contributed by atoms with Crippen molar-refractivity contribution in [1.82, 2.24) is 15.4 Å². The van der Waals surface area contributed by atoms with Gasteiger partial charge < -0.3 is 9.84 Å². The van der Waals surface area contributed by atoms with Gasteiger partial charge in [-0.3, -0.25) is 4.90 Å². The molecule has 17 heavy (non-hydrogen) atoms. The normalized spacial score (nSPS) is 22.6. The maximum Gasteiger partial charge on any atom is 0.151 e. The molecule has 1 aromatic rings. The molecule has 1 atom stereocenters. The minimum absolute atomic E-state index is 0.662. The van der Waals surface area contributed by atoms with E-state index >= 15 is 0 Å². The molecule has 0 radical (unpaired) electrons. The molecule has 0 saturated carbocycles. The summed E-state index contributed by atoms with van der Waals surface area (Å²) in [7, 11) is 1.92. The van der Waals surface area contributed by atoms with Crippen molar-refractivity contribution in [3.05, 3.63) is 17.5 Å². The Hall–Kier alpha value is -0.870. The molecule has 96 valence electrons. The summed E-state index contributed by atoms with van der Waals surface area (Å²) in [6.45, 7) is 5.18. The van der Waals surface area contributed by atoms with Gasteiger partial charge in [-0.05, 0) is 33.4 Å². The molecule has 1 aliphatic heterocycles. The first kappa shape index (κ1) is 12.6. The van der Waals surface area contributed by atoms with Crippen LogP contribution in [0.5, 0.6) is 0 Å². The summed E-state index contributed by atoms with van der Waals surface area (Å²) >= 11 is 0. The standard InChI is InChI=1S/C13H23N3O/c1-11-6-4-3-5-7-16(11)10-13-8-12(9-14-2)15-17-13/h8,11,14H,3-7,9-10H2,1-2H3. The molecule has 4 nitrogen and oxygen atoms in total. The fraction of sp³-hybridized carbons (Fsp3) is 0.769. The molecule has 1 unspecified atom stereocenters. The van der Waals surface area contributed by atoms with Crippen LogP contribution in [-0.2, 0) is 13.1 Å². The number of likely N-dealkylation sites (tertiary alicyclic amines) is 1. The Kier molecular flexibility index (Phi) is 4.57. The van der Waals surface area contributed by atoms with E-state index in [2.05, 4.69) is 28.4 Å². The number of nitrogens with zero attached hydrogens (tertiary/aromatic N) is 2. The van der Waals surface area contributed by atoms with Crippen LogP contribution < -0.4 is 5.32 Å². The van der Waals surface area contributed by atoms with E-state index in [-0.39, 0.29) is 0 Å².